The molecule has 1 aromatic heterocycles. The Morgan fingerprint density at radius 3 is 2.80 bits per heavy atom. The molecule has 1 rings (SSSR count). The van der Waals surface area contributed by atoms with E-state index in [4.69, 9.17) is 11.6 Å². The van der Waals surface area contributed by atoms with E-state index >= 15 is 0 Å². The van der Waals surface area contributed by atoms with E-state index in [0.717, 1.165) is 5.01 Å². The summed E-state index contributed by atoms with van der Waals surface area (Å²) in [5.41, 5.74) is 0.492. The molecule has 0 saturated heterocycles. The summed E-state index contributed by atoms with van der Waals surface area (Å²) in [6.45, 7) is 5.83. The molecule has 84 valence electrons. The first-order valence-corrected chi connectivity index (χ1v) is 6.25. The Morgan fingerprint density at radius 2 is 2.33 bits per heavy atom. The Bertz CT molecular complexity index is 340. The summed E-state index contributed by atoms with van der Waals surface area (Å²) < 4.78 is 0. The summed E-state index contributed by atoms with van der Waals surface area (Å²) in [6, 6.07) is 0.0667. The Morgan fingerprint density at radius 1 is 1.67 bits per heavy atom. The van der Waals surface area contributed by atoms with Gasteiger partial charge in [0.25, 0.3) is 5.91 Å². The second kappa shape index (κ2) is 5.47. The molecule has 2 atom stereocenters. The number of hydrogen-bond acceptors (Lipinski definition) is 3. The third-order valence-corrected chi connectivity index (χ3v) is 3.57. The maximum atomic E-state index is 11.7. The minimum absolute atomic E-state index is 0.0667. The lowest BCUT2D eigenvalue weighted by molar-refractivity contribution is 0.0926. The highest BCUT2D eigenvalue weighted by atomic mass is 35.5. The summed E-state index contributed by atoms with van der Waals surface area (Å²) in [5, 5.41) is 5.55. The van der Waals surface area contributed by atoms with Crippen molar-refractivity contribution in [3.05, 3.63) is 16.1 Å². The summed E-state index contributed by atoms with van der Waals surface area (Å²) in [7, 11) is 0. The van der Waals surface area contributed by atoms with Crippen molar-refractivity contribution in [1.29, 1.82) is 0 Å². The van der Waals surface area contributed by atoms with Crippen LogP contribution in [0.15, 0.2) is 5.38 Å². The number of rotatable bonds is 4. The third-order valence-electron chi connectivity index (χ3n) is 2.31. The normalized spacial score (nSPS) is 14.7. The highest BCUT2D eigenvalue weighted by Crippen LogP contribution is 2.09. The van der Waals surface area contributed by atoms with Crippen LogP contribution in [-0.4, -0.2) is 22.8 Å². The van der Waals surface area contributed by atoms with Gasteiger partial charge >= 0.3 is 0 Å². The molecule has 5 heteroatoms. The zero-order valence-corrected chi connectivity index (χ0v) is 10.7. The molecular weight excluding hydrogens is 232 g/mol. The number of thiazole rings is 1. The molecule has 1 N–H and O–H groups in total. The topological polar surface area (TPSA) is 42.0 Å². The smallest absolute Gasteiger partial charge is 0.270 e. The van der Waals surface area contributed by atoms with Gasteiger partial charge in [-0.3, -0.25) is 4.79 Å². The number of carbonyl (C=O) groups excluding carboxylic acids is 1. The predicted molar refractivity (Wildman–Crippen MR) is 63.7 cm³/mol. The quantitative estimate of drug-likeness (QED) is 0.830. The second-order valence-electron chi connectivity index (χ2n) is 3.65. The predicted octanol–water partition coefficient (Wildman–Crippen LogP) is 2.44. The standard InChI is InChI=1S/C10H15ClN2OS/c1-6(4-11)7(2)12-10(14)9-5-15-8(3)13-9/h5-7H,4H2,1-3H3,(H,12,14). The Labute approximate surface area is 98.9 Å². The molecule has 1 aromatic rings. The van der Waals surface area contributed by atoms with Gasteiger partial charge in [0.1, 0.15) is 5.69 Å². The van der Waals surface area contributed by atoms with Gasteiger partial charge in [-0.25, -0.2) is 4.98 Å². The fraction of sp³-hybridized carbons (Fsp3) is 0.600. The van der Waals surface area contributed by atoms with Crippen LogP contribution in [0.4, 0.5) is 0 Å². The van der Waals surface area contributed by atoms with E-state index in [1.807, 2.05) is 20.8 Å². The molecule has 0 radical (unpaired) electrons. The van der Waals surface area contributed by atoms with Gasteiger partial charge in [0.05, 0.1) is 5.01 Å². The van der Waals surface area contributed by atoms with E-state index in [-0.39, 0.29) is 17.9 Å². The first-order chi connectivity index (χ1) is 7.04. The molecule has 1 amide bonds. The van der Waals surface area contributed by atoms with Gasteiger partial charge in [0.15, 0.2) is 0 Å². The van der Waals surface area contributed by atoms with E-state index in [9.17, 15) is 4.79 Å². The molecule has 0 aliphatic carbocycles. The van der Waals surface area contributed by atoms with E-state index in [1.165, 1.54) is 11.3 Å². The minimum atomic E-state index is -0.121. The van der Waals surface area contributed by atoms with E-state index in [2.05, 4.69) is 10.3 Å². The molecule has 0 aliphatic heterocycles. The van der Waals surface area contributed by atoms with Gasteiger partial charge in [-0.05, 0) is 19.8 Å². The second-order valence-corrected chi connectivity index (χ2v) is 5.02. The van der Waals surface area contributed by atoms with Crippen LogP contribution in [0.25, 0.3) is 0 Å². The third kappa shape index (κ3) is 3.47. The Hall–Kier alpha value is -0.610. The van der Waals surface area contributed by atoms with Crippen LogP contribution < -0.4 is 5.32 Å². The molecular formula is C10H15ClN2OS. The molecule has 0 bridgehead atoms. The summed E-state index contributed by atoms with van der Waals surface area (Å²) in [5.74, 6) is 0.677. The van der Waals surface area contributed by atoms with E-state index in [0.29, 0.717) is 11.6 Å². The zero-order chi connectivity index (χ0) is 11.4. The number of aromatic nitrogens is 1. The molecule has 3 nitrogen and oxygen atoms in total. The molecule has 1 heterocycles. The lowest BCUT2D eigenvalue weighted by Crippen LogP contribution is -2.37. The maximum absolute atomic E-state index is 11.7. The van der Waals surface area contributed by atoms with E-state index < -0.39 is 0 Å². The number of nitrogens with zero attached hydrogens (tertiary/aromatic N) is 1. The van der Waals surface area contributed by atoms with Crippen molar-refractivity contribution in [2.45, 2.75) is 26.8 Å². The maximum Gasteiger partial charge on any atom is 0.270 e. The number of halogens is 1. The van der Waals surface area contributed by atoms with Crippen LogP contribution in [0.2, 0.25) is 0 Å². The Kier molecular flexibility index (Phi) is 4.54. The Balaban J connectivity index is 2.56. The van der Waals surface area contributed by atoms with Gasteiger partial charge in [-0.15, -0.1) is 22.9 Å². The number of hydrogen-bond donors (Lipinski definition) is 1. The van der Waals surface area contributed by atoms with Crippen LogP contribution in [0, 0.1) is 12.8 Å². The number of amides is 1. The molecule has 0 aromatic carbocycles. The van der Waals surface area contributed by atoms with Crippen molar-refractivity contribution in [3.63, 3.8) is 0 Å². The van der Waals surface area contributed by atoms with Gasteiger partial charge < -0.3 is 5.32 Å². The van der Waals surface area contributed by atoms with Crippen LogP contribution in [0.5, 0.6) is 0 Å². The lowest BCUT2D eigenvalue weighted by atomic mass is 10.1. The van der Waals surface area contributed by atoms with Crippen LogP contribution >= 0.6 is 22.9 Å². The molecule has 0 spiro atoms. The lowest BCUT2D eigenvalue weighted by Gasteiger charge is -2.18. The highest BCUT2D eigenvalue weighted by Gasteiger charge is 2.16. The van der Waals surface area contributed by atoms with Gasteiger partial charge in [-0.2, -0.15) is 0 Å². The minimum Gasteiger partial charge on any atom is -0.348 e. The first-order valence-electron chi connectivity index (χ1n) is 4.83. The van der Waals surface area contributed by atoms with Crippen molar-refractivity contribution >= 4 is 28.8 Å². The van der Waals surface area contributed by atoms with E-state index in [1.54, 1.807) is 5.38 Å². The molecule has 15 heavy (non-hydrogen) atoms. The average molecular weight is 247 g/mol. The highest BCUT2D eigenvalue weighted by molar-refractivity contribution is 7.09. The SMILES string of the molecule is Cc1nc(C(=O)NC(C)C(C)CCl)cs1. The summed E-state index contributed by atoms with van der Waals surface area (Å²) in [4.78, 5) is 15.8. The van der Waals surface area contributed by atoms with Gasteiger partial charge in [-0.1, -0.05) is 6.92 Å². The number of nitrogens with one attached hydrogen (secondary N) is 1. The van der Waals surface area contributed by atoms with Gasteiger partial charge in [0, 0.05) is 17.3 Å². The van der Waals surface area contributed by atoms with Gasteiger partial charge in [0.2, 0.25) is 0 Å². The van der Waals surface area contributed by atoms with Crippen molar-refractivity contribution in [1.82, 2.24) is 10.3 Å². The fourth-order valence-corrected chi connectivity index (χ4v) is 1.88. The summed E-state index contributed by atoms with van der Waals surface area (Å²) in [6.07, 6.45) is 0. The molecule has 0 aliphatic rings. The van der Waals surface area contributed by atoms with Crippen molar-refractivity contribution in [2.24, 2.45) is 5.92 Å². The number of carbonyl (C=O) groups is 1. The van der Waals surface area contributed by atoms with Crippen molar-refractivity contribution < 1.29 is 4.79 Å². The monoisotopic (exact) mass is 246 g/mol. The molecule has 2 unspecified atom stereocenters. The fourth-order valence-electron chi connectivity index (χ4n) is 1.02. The molecule has 0 fully saturated rings. The van der Waals surface area contributed by atoms with Crippen molar-refractivity contribution in [3.8, 4) is 0 Å². The van der Waals surface area contributed by atoms with Crippen LogP contribution in [0.1, 0.15) is 29.3 Å². The molecule has 0 saturated carbocycles. The average Bonchev–Trinajstić information content (AvgIpc) is 2.63. The number of alkyl halides is 1. The largest absolute Gasteiger partial charge is 0.348 e. The first kappa shape index (κ1) is 12.5. The van der Waals surface area contributed by atoms with Crippen LogP contribution in [-0.2, 0) is 0 Å². The van der Waals surface area contributed by atoms with Crippen molar-refractivity contribution in [2.75, 3.05) is 5.88 Å². The van der Waals surface area contributed by atoms with Crippen LogP contribution in [0.3, 0.4) is 0 Å². The number of aryl methyl sites for hydroxylation is 1. The zero-order valence-electron chi connectivity index (χ0n) is 9.08. The summed E-state index contributed by atoms with van der Waals surface area (Å²) >= 11 is 7.19.